The van der Waals surface area contributed by atoms with Crippen LogP contribution in [0.3, 0.4) is 0 Å². The first kappa shape index (κ1) is 14.3. The van der Waals surface area contributed by atoms with E-state index >= 15 is 0 Å². The SMILES string of the molecule is CCC(CC)(CBr)CN1CCCC2C(=O)NCC21. The molecule has 0 aromatic heterocycles. The number of fused-ring (bicyclic) bond motifs is 1. The Labute approximate surface area is 119 Å². The fraction of sp³-hybridized carbons (Fsp3) is 0.929. The molecule has 0 aromatic carbocycles. The first-order valence-corrected chi connectivity index (χ1v) is 8.35. The van der Waals surface area contributed by atoms with Crippen molar-refractivity contribution >= 4 is 21.8 Å². The molecule has 0 radical (unpaired) electrons. The van der Waals surface area contributed by atoms with Crippen LogP contribution in [0, 0.1) is 11.3 Å². The van der Waals surface area contributed by atoms with Crippen LogP contribution in [0.2, 0.25) is 0 Å². The molecule has 0 saturated carbocycles. The van der Waals surface area contributed by atoms with Crippen molar-refractivity contribution < 1.29 is 4.79 Å². The third-order valence-corrected chi connectivity index (χ3v) is 6.23. The fourth-order valence-corrected chi connectivity index (χ4v) is 4.34. The van der Waals surface area contributed by atoms with E-state index in [9.17, 15) is 4.79 Å². The first-order valence-electron chi connectivity index (χ1n) is 7.23. The van der Waals surface area contributed by atoms with E-state index < -0.39 is 0 Å². The molecule has 3 nitrogen and oxygen atoms in total. The Balaban J connectivity index is 2.06. The summed E-state index contributed by atoms with van der Waals surface area (Å²) in [6.45, 7) is 7.70. The third-order valence-electron chi connectivity index (χ3n) is 5.04. The Kier molecular flexibility index (Phi) is 4.70. The lowest BCUT2D eigenvalue weighted by Gasteiger charge is -2.42. The second-order valence-corrected chi connectivity index (χ2v) is 6.43. The van der Waals surface area contributed by atoms with Crippen LogP contribution >= 0.6 is 15.9 Å². The molecule has 2 heterocycles. The standard InChI is InChI=1S/C14H25BrN2O/c1-3-14(4-2,9-15)10-17-7-5-6-11-12(17)8-16-13(11)18/h11-12H,3-10H2,1-2H3,(H,16,18). The number of amides is 1. The van der Waals surface area contributed by atoms with Gasteiger partial charge in [-0.1, -0.05) is 29.8 Å². The van der Waals surface area contributed by atoms with Crippen molar-refractivity contribution in [2.45, 2.75) is 45.6 Å². The summed E-state index contributed by atoms with van der Waals surface area (Å²) in [6, 6.07) is 0.447. The summed E-state index contributed by atoms with van der Waals surface area (Å²) >= 11 is 3.70. The number of alkyl halides is 1. The molecule has 18 heavy (non-hydrogen) atoms. The Morgan fingerprint density at radius 2 is 2.17 bits per heavy atom. The molecule has 0 spiro atoms. The van der Waals surface area contributed by atoms with Gasteiger partial charge in [-0.2, -0.15) is 0 Å². The molecule has 0 bridgehead atoms. The molecular formula is C14H25BrN2O. The molecule has 0 aliphatic carbocycles. The zero-order chi connectivity index (χ0) is 13.2. The number of carbonyl (C=O) groups excluding carboxylic acids is 1. The lowest BCUT2D eigenvalue weighted by Crippen LogP contribution is -2.50. The van der Waals surface area contributed by atoms with Crippen molar-refractivity contribution in [1.29, 1.82) is 0 Å². The van der Waals surface area contributed by atoms with Crippen LogP contribution in [0.15, 0.2) is 0 Å². The maximum atomic E-state index is 11.8. The van der Waals surface area contributed by atoms with Crippen LogP contribution in [0.1, 0.15) is 39.5 Å². The Morgan fingerprint density at radius 1 is 1.44 bits per heavy atom. The highest BCUT2D eigenvalue weighted by atomic mass is 79.9. The van der Waals surface area contributed by atoms with Crippen LogP contribution in [0.5, 0.6) is 0 Å². The number of likely N-dealkylation sites (tertiary alicyclic amines) is 1. The van der Waals surface area contributed by atoms with Gasteiger partial charge >= 0.3 is 0 Å². The van der Waals surface area contributed by atoms with E-state index in [1.54, 1.807) is 0 Å². The lowest BCUT2D eigenvalue weighted by molar-refractivity contribution is -0.124. The Hall–Kier alpha value is -0.0900. The van der Waals surface area contributed by atoms with Gasteiger partial charge in [-0.15, -0.1) is 0 Å². The van der Waals surface area contributed by atoms with Crippen molar-refractivity contribution in [3.05, 3.63) is 0 Å². The van der Waals surface area contributed by atoms with E-state index in [1.807, 2.05) is 0 Å². The maximum absolute atomic E-state index is 11.8. The molecule has 2 saturated heterocycles. The molecule has 1 amide bonds. The average molecular weight is 317 g/mol. The van der Waals surface area contributed by atoms with E-state index in [-0.39, 0.29) is 11.8 Å². The minimum absolute atomic E-state index is 0.250. The number of halogens is 1. The van der Waals surface area contributed by atoms with Crippen LogP contribution in [0.25, 0.3) is 0 Å². The molecule has 0 aromatic rings. The largest absolute Gasteiger partial charge is 0.354 e. The van der Waals surface area contributed by atoms with E-state index in [4.69, 9.17) is 0 Å². The summed E-state index contributed by atoms with van der Waals surface area (Å²) in [5.74, 6) is 0.530. The molecular weight excluding hydrogens is 292 g/mol. The van der Waals surface area contributed by atoms with Gasteiger partial charge in [0.15, 0.2) is 0 Å². The van der Waals surface area contributed by atoms with Gasteiger partial charge in [0.25, 0.3) is 0 Å². The number of nitrogens with one attached hydrogen (secondary N) is 1. The summed E-state index contributed by atoms with van der Waals surface area (Å²) in [4.78, 5) is 14.4. The molecule has 1 N–H and O–H groups in total. The zero-order valence-electron chi connectivity index (χ0n) is 11.5. The molecule has 2 fully saturated rings. The summed E-state index contributed by atoms with van der Waals surface area (Å²) in [6.07, 6.45) is 4.64. The van der Waals surface area contributed by atoms with Crippen molar-refractivity contribution in [3.63, 3.8) is 0 Å². The molecule has 2 atom stereocenters. The highest BCUT2D eigenvalue weighted by Crippen LogP contribution is 2.34. The molecule has 2 aliphatic heterocycles. The number of hydrogen-bond donors (Lipinski definition) is 1. The zero-order valence-corrected chi connectivity index (χ0v) is 13.1. The van der Waals surface area contributed by atoms with Crippen LogP contribution in [-0.2, 0) is 4.79 Å². The summed E-state index contributed by atoms with van der Waals surface area (Å²) in [5, 5.41) is 4.10. The van der Waals surface area contributed by atoms with Gasteiger partial charge in [-0.25, -0.2) is 0 Å². The highest BCUT2D eigenvalue weighted by molar-refractivity contribution is 9.09. The van der Waals surface area contributed by atoms with Gasteiger partial charge < -0.3 is 5.32 Å². The van der Waals surface area contributed by atoms with Crippen molar-refractivity contribution in [3.8, 4) is 0 Å². The predicted molar refractivity (Wildman–Crippen MR) is 77.9 cm³/mol. The van der Waals surface area contributed by atoms with Crippen molar-refractivity contribution in [2.75, 3.05) is 25.0 Å². The molecule has 104 valence electrons. The van der Waals surface area contributed by atoms with Crippen LogP contribution in [0.4, 0.5) is 0 Å². The van der Waals surface area contributed by atoms with E-state index in [2.05, 4.69) is 40.0 Å². The number of piperidine rings is 1. The van der Waals surface area contributed by atoms with Gasteiger partial charge in [-0.05, 0) is 37.6 Å². The van der Waals surface area contributed by atoms with Crippen molar-refractivity contribution in [2.24, 2.45) is 11.3 Å². The molecule has 2 aliphatic rings. The van der Waals surface area contributed by atoms with Gasteiger partial charge in [0.1, 0.15) is 0 Å². The second kappa shape index (κ2) is 5.91. The van der Waals surface area contributed by atoms with Gasteiger partial charge in [0.05, 0.1) is 5.92 Å². The second-order valence-electron chi connectivity index (χ2n) is 5.87. The van der Waals surface area contributed by atoms with Gasteiger partial charge in [-0.3, -0.25) is 9.69 Å². The quantitative estimate of drug-likeness (QED) is 0.790. The van der Waals surface area contributed by atoms with Gasteiger partial charge in [0, 0.05) is 24.5 Å². The summed E-state index contributed by atoms with van der Waals surface area (Å²) in [5.41, 5.74) is 0.369. The molecule has 2 unspecified atom stereocenters. The molecule has 4 heteroatoms. The predicted octanol–water partition coefficient (Wildman–Crippen LogP) is 2.40. The Morgan fingerprint density at radius 3 is 2.78 bits per heavy atom. The summed E-state index contributed by atoms with van der Waals surface area (Å²) in [7, 11) is 0. The minimum atomic E-state index is 0.250. The number of hydrogen-bond acceptors (Lipinski definition) is 2. The molecule has 2 rings (SSSR count). The Bertz CT molecular complexity index is 296. The van der Waals surface area contributed by atoms with E-state index in [1.165, 1.54) is 19.3 Å². The highest BCUT2D eigenvalue weighted by Gasteiger charge is 2.42. The van der Waals surface area contributed by atoms with Crippen LogP contribution < -0.4 is 5.32 Å². The van der Waals surface area contributed by atoms with E-state index in [0.29, 0.717) is 11.5 Å². The number of rotatable bonds is 5. The van der Waals surface area contributed by atoms with Gasteiger partial charge in [0.2, 0.25) is 5.91 Å². The smallest absolute Gasteiger partial charge is 0.224 e. The minimum Gasteiger partial charge on any atom is -0.354 e. The number of nitrogens with zero attached hydrogens (tertiary/aromatic N) is 1. The summed E-state index contributed by atoms with van der Waals surface area (Å²) < 4.78 is 0. The lowest BCUT2D eigenvalue weighted by atomic mass is 9.82. The van der Waals surface area contributed by atoms with E-state index in [0.717, 1.165) is 31.4 Å². The van der Waals surface area contributed by atoms with Crippen LogP contribution in [-0.4, -0.2) is 41.8 Å². The third kappa shape index (κ3) is 2.60. The normalized spacial score (nSPS) is 29.2. The fourth-order valence-electron chi connectivity index (χ4n) is 3.37. The average Bonchev–Trinajstić information content (AvgIpc) is 2.79. The number of carbonyl (C=O) groups is 1. The maximum Gasteiger partial charge on any atom is 0.224 e. The first-order chi connectivity index (χ1) is 8.65. The topological polar surface area (TPSA) is 32.3 Å². The van der Waals surface area contributed by atoms with Crippen molar-refractivity contribution in [1.82, 2.24) is 10.2 Å². The monoisotopic (exact) mass is 316 g/mol.